The number of likely N-dealkylation sites (tertiary alicyclic amines) is 2. The molecule has 14 heteroatoms. The lowest BCUT2D eigenvalue weighted by Crippen LogP contribution is -2.43. The molecule has 3 aromatic rings. The van der Waals surface area contributed by atoms with Crippen molar-refractivity contribution in [2.45, 2.75) is 79.1 Å². The van der Waals surface area contributed by atoms with Gasteiger partial charge in [0, 0.05) is 41.2 Å². The zero-order valence-corrected chi connectivity index (χ0v) is 28.5. The maximum absolute atomic E-state index is 14.1. The molecule has 1 aliphatic carbocycles. The highest BCUT2D eigenvalue weighted by atomic mass is 32.1. The first-order chi connectivity index (χ1) is 22.4. The average molecular weight is 686 g/mol. The summed E-state index contributed by atoms with van der Waals surface area (Å²) < 4.78 is 48.4. The van der Waals surface area contributed by atoms with Crippen molar-refractivity contribution in [3.8, 4) is 11.1 Å². The molecule has 3 fully saturated rings. The Labute approximate surface area is 280 Å². The average Bonchev–Trinajstić information content (AvgIpc) is 3.24. The number of piperidine rings is 2. The van der Waals surface area contributed by atoms with Crippen molar-refractivity contribution in [2.75, 3.05) is 18.4 Å². The number of halogens is 3. The number of pyridine rings is 2. The van der Waals surface area contributed by atoms with Crippen LogP contribution in [-0.2, 0) is 38.3 Å². The highest BCUT2D eigenvalue weighted by Crippen LogP contribution is 2.63. The summed E-state index contributed by atoms with van der Waals surface area (Å²) in [4.78, 5) is 63.9. The number of anilines is 1. The van der Waals surface area contributed by atoms with E-state index < -0.39 is 29.5 Å². The molecular formula is C34H38F3N5O5S. The third kappa shape index (κ3) is 6.14. The first kappa shape index (κ1) is 33.8. The molecule has 5 heterocycles. The van der Waals surface area contributed by atoms with Gasteiger partial charge in [0.1, 0.15) is 11.3 Å². The summed E-state index contributed by atoms with van der Waals surface area (Å²) in [5, 5.41) is 2.90. The Bertz CT molecular complexity index is 1800. The maximum atomic E-state index is 14.1. The van der Waals surface area contributed by atoms with Crippen molar-refractivity contribution in [3.63, 3.8) is 0 Å². The predicted octanol–water partition coefficient (Wildman–Crippen LogP) is 6.67. The van der Waals surface area contributed by atoms with Crippen LogP contribution in [0.1, 0.15) is 70.6 Å². The van der Waals surface area contributed by atoms with Gasteiger partial charge in [0.15, 0.2) is 0 Å². The number of hydrogen-bond acceptors (Lipinski definition) is 8. The Morgan fingerprint density at radius 1 is 1.06 bits per heavy atom. The molecule has 2 atom stereocenters. The second kappa shape index (κ2) is 11.8. The van der Waals surface area contributed by atoms with E-state index in [0.29, 0.717) is 46.6 Å². The van der Waals surface area contributed by atoms with E-state index >= 15 is 0 Å². The van der Waals surface area contributed by atoms with Crippen molar-refractivity contribution in [1.82, 2.24) is 19.8 Å². The van der Waals surface area contributed by atoms with Crippen LogP contribution in [0.15, 0.2) is 24.4 Å². The highest BCUT2D eigenvalue weighted by molar-refractivity contribution is 7.19. The van der Waals surface area contributed by atoms with E-state index in [2.05, 4.69) is 15.3 Å². The molecule has 1 N–H and O–H groups in total. The van der Waals surface area contributed by atoms with Gasteiger partial charge in [-0.3, -0.25) is 24.3 Å². The van der Waals surface area contributed by atoms with E-state index in [1.807, 2.05) is 13.8 Å². The lowest BCUT2D eigenvalue weighted by Gasteiger charge is -2.33. The van der Waals surface area contributed by atoms with Gasteiger partial charge in [-0.05, 0) is 63.6 Å². The molecular weight excluding hydrogens is 647 g/mol. The van der Waals surface area contributed by atoms with Crippen LogP contribution in [0.25, 0.3) is 21.3 Å². The molecule has 2 unspecified atom stereocenters. The number of rotatable bonds is 6. The molecule has 2 aliphatic heterocycles. The Morgan fingerprint density at radius 3 is 2.29 bits per heavy atom. The van der Waals surface area contributed by atoms with Crippen LogP contribution in [0.2, 0.25) is 0 Å². The fourth-order valence-electron chi connectivity index (χ4n) is 6.82. The predicted molar refractivity (Wildman–Crippen MR) is 173 cm³/mol. The number of aromatic nitrogens is 2. The maximum Gasteiger partial charge on any atom is 0.433 e. The standard InChI is InChI=1S/C34H38F3N5O5S/c1-7-21-26(40-28(43)17-9-12-41(13-10-17)31(46)47-32(2,3)4)20(15-23(39-21)34(35,36)37)19-8-11-38-22-14-18(48-27(19)22)16-42-29(44)24-25(30(42)45)33(24,5)6/h8,11,14-15,17,24-25H,7,9-10,12-13,16H2,1-6H3,(H,40,43). The molecule has 48 heavy (non-hydrogen) atoms. The molecule has 0 bridgehead atoms. The minimum atomic E-state index is -4.74. The SMILES string of the molecule is CCc1nc(C(F)(F)F)cc(-c2ccnc3cc(CN4C(=O)C5C(C4=O)C5(C)C)sc23)c1NC(=O)C1CCN(C(=O)OC(C)(C)C)CC1. The number of carbonyl (C=O) groups excluding carboxylic acids is 4. The number of nitrogens with one attached hydrogen (secondary N) is 1. The van der Waals surface area contributed by atoms with E-state index in [1.165, 1.54) is 22.4 Å². The zero-order valence-electron chi connectivity index (χ0n) is 27.7. The van der Waals surface area contributed by atoms with E-state index in [9.17, 15) is 32.3 Å². The largest absolute Gasteiger partial charge is 0.444 e. The molecule has 4 amide bonds. The lowest BCUT2D eigenvalue weighted by atomic mass is 9.95. The molecule has 2 saturated heterocycles. The van der Waals surface area contributed by atoms with E-state index in [1.54, 1.807) is 44.7 Å². The van der Waals surface area contributed by atoms with Gasteiger partial charge in [0.2, 0.25) is 17.7 Å². The van der Waals surface area contributed by atoms with Crippen molar-refractivity contribution in [1.29, 1.82) is 0 Å². The van der Waals surface area contributed by atoms with Gasteiger partial charge in [-0.2, -0.15) is 13.2 Å². The first-order valence-corrected chi connectivity index (χ1v) is 16.8. The molecule has 0 spiro atoms. The zero-order chi connectivity index (χ0) is 34.9. The Hall–Kier alpha value is -4.07. The van der Waals surface area contributed by atoms with Crippen LogP contribution < -0.4 is 5.32 Å². The van der Waals surface area contributed by atoms with Gasteiger partial charge in [-0.25, -0.2) is 9.78 Å². The number of hydrogen-bond donors (Lipinski definition) is 1. The first-order valence-electron chi connectivity index (χ1n) is 16.0. The topological polar surface area (TPSA) is 122 Å². The third-order valence-electron chi connectivity index (χ3n) is 9.44. The van der Waals surface area contributed by atoms with Crippen molar-refractivity contribution < 1.29 is 37.1 Å². The molecule has 256 valence electrons. The normalized spacial score (nSPS) is 21.1. The molecule has 0 radical (unpaired) electrons. The number of thiophene rings is 1. The molecule has 6 rings (SSSR count). The van der Waals surface area contributed by atoms with E-state index in [0.717, 1.165) is 6.07 Å². The second-order valence-corrected chi connectivity index (χ2v) is 15.4. The van der Waals surface area contributed by atoms with Gasteiger partial charge in [-0.15, -0.1) is 11.3 Å². The number of ether oxygens (including phenoxy) is 1. The quantitative estimate of drug-likeness (QED) is 0.288. The highest BCUT2D eigenvalue weighted by Gasteiger charge is 2.72. The number of amides is 4. The third-order valence-corrected chi connectivity index (χ3v) is 10.6. The summed E-state index contributed by atoms with van der Waals surface area (Å²) in [5.41, 5.74) is -0.777. The van der Waals surface area contributed by atoms with Crippen molar-refractivity contribution in [2.24, 2.45) is 23.2 Å². The van der Waals surface area contributed by atoms with Gasteiger partial charge >= 0.3 is 12.3 Å². The number of fused-ring (bicyclic) bond motifs is 2. The van der Waals surface area contributed by atoms with Crippen molar-refractivity contribution >= 4 is 51.1 Å². The van der Waals surface area contributed by atoms with Gasteiger partial charge in [0.25, 0.3) is 0 Å². The monoisotopic (exact) mass is 685 g/mol. The van der Waals surface area contributed by atoms with E-state index in [-0.39, 0.29) is 64.9 Å². The summed E-state index contributed by atoms with van der Waals surface area (Å²) in [6.07, 6.45) is -2.89. The summed E-state index contributed by atoms with van der Waals surface area (Å²) in [5.74, 6) is -1.93. The molecule has 0 aromatic carbocycles. The lowest BCUT2D eigenvalue weighted by molar-refractivity contribution is -0.144. The van der Waals surface area contributed by atoms with Crippen LogP contribution in [0.5, 0.6) is 0 Å². The summed E-state index contributed by atoms with van der Waals surface area (Å²) in [6, 6.07) is 4.27. The smallest absolute Gasteiger partial charge is 0.433 e. The number of alkyl halides is 3. The molecule has 3 aliphatic rings. The number of imide groups is 1. The Balaban J connectivity index is 1.30. The van der Waals surface area contributed by atoms with Gasteiger partial charge < -0.3 is 15.0 Å². The number of aryl methyl sites for hydroxylation is 1. The van der Waals surface area contributed by atoms with Crippen LogP contribution in [0.3, 0.4) is 0 Å². The fourth-order valence-corrected chi connectivity index (χ4v) is 7.95. The second-order valence-electron chi connectivity index (χ2n) is 14.3. The molecule has 1 saturated carbocycles. The minimum Gasteiger partial charge on any atom is -0.444 e. The Kier molecular flexibility index (Phi) is 8.32. The number of carbonyl (C=O) groups is 4. The molecule has 10 nitrogen and oxygen atoms in total. The summed E-state index contributed by atoms with van der Waals surface area (Å²) >= 11 is 1.24. The Morgan fingerprint density at radius 2 is 1.71 bits per heavy atom. The van der Waals surface area contributed by atoms with Crippen LogP contribution in [0, 0.1) is 23.2 Å². The van der Waals surface area contributed by atoms with Gasteiger partial charge in [-0.1, -0.05) is 20.8 Å². The fraction of sp³-hybridized carbons (Fsp3) is 0.529. The van der Waals surface area contributed by atoms with E-state index in [4.69, 9.17) is 4.74 Å². The summed E-state index contributed by atoms with van der Waals surface area (Å²) in [7, 11) is 0. The molecule has 3 aromatic heterocycles. The van der Waals surface area contributed by atoms with Crippen molar-refractivity contribution in [3.05, 3.63) is 40.7 Å². The minimum absolute atomic E-state index is 0.0527. The number of nitrogens with zero attached hydrogens (tertiary/aromatic N) is 4. The van der Waals surface area contributed by atoms with Crippen LogP contribution >= 0.6 is 11.3 Å². The summed E-state index contributed by atoms with van der Waals surface area (Å²) in [6.45, 7) is 11.5. The van der Waals surface area contributed by atoms with Crippen LogP contribution in [-0.4, -0.2) is 62.3 Å². The van der Waals surface area contributed by atoms with Gasteiger partial charge in [0.05, 0.1) is 40.0 Å². The van der Waals surface area contributed by atoms with Crippen LogP contribution in [0.4, 0.5) is 23.7 Å².